The Hall–Kier alpha value is -5.15. The molecule has 4 atom stereocenters. The van der Waals surface area contributed by atoms with Crippen molar-refractivity contribution in [3.63, 3.8) is 0 Å². The summed E-state index contributed by atoms with van der Waals surface area (Å²) in [6.07, 6.45) is -0.00521. The van der Waals surface area contributed by atoms with Crippen LogP contribution in [0.2, 0.25) is 0 Å². The van der Waals surface area contributed by atoms with Crippen LogP contribution in [0.4, 0.5) is 4.39 Å². The summed E-state index contributed by atoms with van der Waals surface area (Å²) >= 11 is 5.82. The van der Waals surface area contributed by atoms with Crippen LogP contribution in [-0.2, 0) is 14.2 Å². The Morgan fingerprint density at radius 3 is 1.82 bits per heavy atom. The van der Waals surface area contributed by atoms with E-state index < -0.39 is 47.9 Å². The van der Waals surface area contributed by atoms with E-state index in [1.54, 1.807) is 114 Å². The van der Waals surface area contributed by atoms with Gasteiger partial charge in [-0.2, -0.15) is 0 Å². The van der Waals surface area contributed by atoms with Crippen molar-refractivity contribution in [3.8, 4) is 0 Å². The SMILES string of the molecule is O=C(OC[C@H]1C[C@@H](n2ccc3ccc(F)cc3c2=S)[C@H](OC(=O)c2ccccc2)[C@@H]1OC(=O)c1ccccc1)c1ccccc1. The Morgan fingerprint density at radius 1 is 0.711 bits per heavy atom. The first kappa shape index (κ1) is 29.9. The second-order valence-corrected chi connectivity index (χ2v) is 11.1. The molecule has 4 aromatic carbocycles. The normalized spacial score (nSPS) is 19.1. The van der Waals surface area contributed by atoms with Crippen molar-refractivity contribution in [2.75, 3.05) is 6.61 Å². The highest BCUT2D eigenvalue weighted by Crippen LogP contribution is 2.41. The lowest BCUT2D eigenvalue weighted by Gasteiger charge is -2.28. The van der Waals surface area contributed by atoms with Gasteiger partial charge in [-0.15, -0.1) is 0 Å². The third-order valence-corrected chi connectivity index (χ3v) is 8.34. The average molecular weight is 622 g/mol. The summed E-state index contributed by atoms with van der Waals surface area (Å²) in [5.41, 5.74) is 0.995. The molecule has 45 heavy (non-hydrogen) atoms. The van der Waals surface area contributed by atoms with Crippen molar-refractivity contribution >= 4 is 40.9 Å². The van der Waals surface area contributed by atoms with Crippen LogP contribution in [0.1, 0.15) is 43.5 Å². The highest BCUT2D eigenvalue weighted by molar-refractivity contribution is 7.71. The van der Waals surface area contributed by atoms with Crippen LogP contribution in [-0.4, -0.2) is 41.3 Å². The number of ether oxygens (including phenoxy) is 3. The Kier molecular flexibility index (Phi) is 8.79. The van der Waals surface area contributed by atoms with E-state index in [9.17, 15) is 18.8 Å². The van der Waals surface area contributed by atoms with Crippen molar-refractivity contribution in [2.24, 2.45) is 5.92 Å². The van der Waals surface area contributed by atoms with Gasteiger partial charge in [0, 0.05) is 17.5 Å². The van der Waals surface area contributed by atoms with E-state index >= 15 is 0 Å². The second kappa shape index (κ2) is 13.2. The summed E-state index contributed by atoms with van der Waals surface area (Å²) < 4.78 is 34.3. The standard InChI is InChI=1S/C36H28FNO6S/c37-28-17-16-23-18-19-38(33(45)29(23)21-28)30-20-27(22-42-34(39)24-10-4-1-5-11-24)31(43-35(40)25-12-6-2-7-13-25)32(30)44-36(41)26-14-8-3-9-15-26/h1-19,21,27,30-32H,20,22H2/t27-,30-,31-,32+/m1/s1. The second-order valence-electron chi connectivity index (χ2n) is 10.8. The lowest BCUT2D eigenvalue weighted by Crippen LogP contribution is -2.39. The highest BCUT2D eigenvalue weighted by Gasteiger charge is 2.50. The summed E-state index contributed by atoms with van der Waals surface area (Å²) in [6.45, 7) is -0.119. The van der Waals surface area contributed by atoms with Crippen LogP contribution in [0.15, 0.2) is 121 Å². The number of hydrogen-bond acceptors (Lipinski definition) is 7. The molecule has 0 saturated heterocycles. The first-order chi connectivity index (χ1) is 21.9. The number of halogens is 1. The smallest absolute Gasteiger partial charge is 0.338 e. The van der Waals surface area contributed by atoms with Gasteiger partial charge >= 0.3 is 17.9 Å². The molecule has 226 valence electrons. The molecule has 1 saturated carbocycles. The summed E-state index contributed by atoms with van der Waals surface area (Å²) in [7, 11) is 0. The fourth-order valence-electron chi connectivity index (χ4n) is 5.67. The average Bonchev–Trinajstić information content (AvgIpc) is 3.40. The van der Waals surface area contributed by atoms with Crippen molar-refractivity contribution in [1.29, 1.82) is 0 Å². The topological polar surface area (TPSA) is 83.8 Å². The van der Waals surface area contributed by atoms with Crippen LogP contribution >= 0.6 is 12.2 Å². The number of rotatable bonds is 8. The molecule has 0 N–H and O–H groups in total. The molecule has 5 aromatic rings. The predicted molar refractivity (Wildman–Crippen MR) is 168 cm³/mol. The zero-order chi connectivity index (χ0) is 31.3. The lowest BCUT2D eigenvalue weighted by molar-refractivity contribution is -0.0496. The molecule has 0 unspecified atom stereocenters. The minimum atomic E-state index is -1.02. The molecule has 1 aromatic heterocycles. The molecule has 1 aliphatic carbocycles. The third-order valence-electron chi connectivity index (χ3n) is 7.91. The van der Waals surface area contributed by atoms with Crippen LogP contribution < -0.4 is 0 Å². The van der Waals surface area contributed by atoms with Crippen LogP contribution in [0.3, 0.4) is 0 Å². The quantitative estimate of drug-likeness (QED) is 0.102. The number of carbonyl (C=O) groups excluding carboxylic acids is 3. The van der Waals surface area contributed by atoms with Crippen molar-refractivity contribution in [2.45, 2.75) is 24.7 Å². The van der Waals surface area contributed by atoms with Gasteiger partial charge in [-0.3, -0.25) is 0 Å². The zero-order valence-corrected chi connectivity index (χ0v) is 24.8. The first-order valence-electron chi connectivity index (χ1n) is 14.4. The van der Waals surface area contributed by atoms with E-state index in [0.29, 0.717) is 26.7 Å². The molecule has 1 heterocycles. The van der Waals surface area contributed by atoms with Gasteiger partial charge in [0.1, 0.15) is 16.6 Å². The van der Waals surface area contributed by atoms with E-state index in [1.165, 1.54) is 12.1 Å². The molecule has 0 spiro atoms. The molecule has 6 rings (SSSR count). The minimum Gasteiger partial charge on any atom is -0.462 e. The highest BCUT2D eigenvalue weighted by atomic mass is 32.1. The van der Waals surface area contributed by atoms with Crippen molar-refractivity contribution in [3.05, 3.63) is 149 Å². The Balaban J connectivity index is 1.40. The van der Waals surface area contributed by atoms with Crippen molar-refractivity contribution in [1.82, 2.24) is 4.57 Å². The number of pyridine rings is 1. The predicted octanol–water partition coefficient (Wildman–Crippen LogP) is 7.38. The number of nitrogens with zero attached hydrogens (tertiary/aromatic N) is 1. The van der Waals surface area contributed by atoms with Gasteiger partial charge in [0.05, 0.1) is 29.3 Å². The van der Waals surface area contributed by atoms with Crippen LogP contribution in [0.25, 0.3) is 10.8 Å². The number of hydrogen-bond donors (Lipinski definition) is 0. The third kappa shape index (κ3) is 6.53. The zero-order valence-electron chi connectivity index (χ0n) is 24.0. The molecule has 0 radical (unpaired) electrons. The van der Waals surface area contributed by atoms with E-state index in [1.807, 2.05) is 0 Å². The van der Waals surface area contributed by atoms with E-state index in [0.717, 1.165) is 5.39 Å². The lowest BCUT2D eigenvalue weighted by atomic mass is 10.1. The molecule has 0 bridgehead atoms. The maximum absolute atomic E-state index is 14.3. The van der Waals surface area contributed by atoms with E-state index in [4.69, 9.17) is 26.4 Å². The molecular formula is C36H28FNO6S. The van der Waals surface area contributed by atoms with Crippen molar-refractivity contribution < 1.29 is 33.0 Å². The number of esters is 3. The fraction of sp³-hybridized carbons (Fsp3) is 0.167. The van der Waals surface area contributed by atoms with Gasteiger partial charge in [-0.05, 0) is 66.4 Å². The fourth-order valence-corrected chi connectivity index (χ4v) is 6.04. The van der Waals surface area contributed by atoms with Gasteiger partial charge in [0.2, 0.25) is 0 Å². The molecule has 7 nitrogen and oxygen atoms in total. The molecule has 0 amide bonds. The summed E-state index contributed by atoms with van der Waals surface area (Å²) in [5, 5.41) is 1.26. The number of aromatic nitrogens is 1. The van der Waals surface area contributed by atoms with E-state index in [2.05, 4.69) is 0 Å². The van der Waals surface area contributed by atoms with Gasteiger partial charge in [0.15, 0.2) is 6.10 Å². The Morgan fingerprint density at radius 2 is 1.24 bits per heavy atom. The van der Waals surface area contributed by atoms with Gasteiger partial charge in [-0.25, -0.2) is 18.8 Å². The van der Waals surface area contributed by atoms with Crippen LogP contribution in [0.5, 0.6) is 0 Å². The number of carbonyl (C=O) groups is 3. The first-order valence-corrected chi connectivity index (χ1v) is 14.8. The molecule has 9 heteroatoms. The number of benzene rings is 4. The summed E-state index contributed by atoms with van der Waals surface area (Å²) in [5.74, 6) is -2.79. The Bertz CT molecular complexity index is 1900. The maximum Gasteiger partial charge on any atom is 0.338 e. The summed E-state index contributed by atoms with van der Waals surface area (Å²) in [6, 6.07) is 31.0. The Labute approximate surface area is 263 Å². The van der Waals surface area contributed by atoms with Gasteiger partial charge in [0.25, 0.3) is 0 Å². The van der Waals surface area contributed by atoms with Crippen LogP contribution in [0, 0.1) is 16.4 Å². The monoisotopic (exact) mass is 621 g/mol. The molecule has 1 aliphatic rings. The van der Waals surface area contributed by atoms with Gasteiger partial charge in [-0.1, -0.05) is 72.9 Å². The number of fused-ring (bicyclic) bond motifs is 1. The molecule has 1 fully saturated rings. The molecule has 0 aliphatic heterocycles. The molecular weight excluding hydrogens is 593 g/mol. The maximum atomic E-state index is 14.3. The van der Waals surface area contributed by atoms with Gasteiger partial charge < -0.3 is 18.8 Å². The largest absolute Gasteiger partial charge is 0.462 e. The minimum absolute atomic E-state index is 0.119. The summed E-state index contributed by atoms with van der Waals surface area (Å²) in [4.78, 5) is 39.7. The van der Waals surface area contributed by atoms with E-state index in [-0.39, 0.29) is 13.0 Å².